The molecule has 2 N–H and O–H groups in total. The molecular weight excluding hydrogens is 401 g/mol. The van der Waals surface area contributed by atoms with Crippen molar-refractivity contribution in [3.63, 3.8) is 0 Å². The molecule has 0 bridgehead atoms. The molecular formula is C18H16ClF3N2O2S. The van der Waals surface area contributed by atoms with Crippen molar-refractivity contribution in [1.29, 1.82) is 0 Å². The van der Waals surface area contributed by atoms with Crippen LogP contribution in [-0.2, 0) is 17.6 Å². The van der Waals surface area contributed by atoms with Gasteiger partial charge in [0.2, 0.25) is 0 Å². The highest BCUT2D eigenvalue weighted by Gasteiger charge is 2.40. The summed E-state index contributed by atoms with van der Waals surface area (Å²) in [6.45, 7) is 0. The molecule has 9 heteroatoms. The van der Waals surface area contributed by atoms with E-state index in [1.54, 1.807) is 24.3 Å². The van der Waals surface area contributed by atoms with Gasteiger partial charge in [0.15, 0.2) is 0 Å². The van der Waals surface area contributed by atoms with Crippen molar-refractivity contribution in [3.8, 4) is 0 Å². The molecule has 1 aromatic heterocycles. The third kappa shape index (κ3) is 4.62. The quantitative estimate of drug-likeness (QED) is 0.656. The van der Waals surface area contributed by atoms with Crippen LogP contribution in [-0.4, -0.2) is 18.0 Å². The molecule has 0 spiro atoms. The second-order valence-corrected chi connectivity index (χ2v) is 7.73. The summed E-state index contributed by atoms with van der Waals surface area (Å²) in [5.41, 5.74) is 1.25. The SMILES string of the molecule is O=C(Nc1cccc(Cl)c1)c1c(NC(=O)C(F)(F)F)sc2c1CCCCC2. The van der Waals surface area contributed by atoms with Crippen molar-refractivity contribution in [2.24, 2.45) is 0 Å². The van der Waals surface area contributed by atoms with E-state index in [-0.39, 0.29) is 10.6 Å². The van der Waals surface area contributed by atoms with Crippen molar-refractivity contribution in [3.05, 3.63) is 45.3 Å². The predicted molar refractivity (Wildman–Crippen MR) is 99.7 cm³/mol. The van der Waals surface area contributed by atoms with Gasteiger partial charge in [-0.2, -0.15) is 13.2 Å². The van der Waals surface area contributed by atoms with E-state index in [2.05, 4.69) is 5.32 Å². The highest BCUT2D eigenvalue weighted by atomic mass is 35.5. The van der Waals surface area contributed by atoms with Crippen LogP contribution < -0.4 is 10.6 Å². The number of benzene rings is 1. The van der Waals surface area contributed by atoms with Crippen molar-refractivity contribution < 1.29 is 22.8 Å². The van der Waals surface area contributed by atoms with Crippen molar-refractivity contribution >= 4 is 45.4 Å². The fraction of sp³-hybridized carbons (Fsp3) is 0.333. The van der Waals surface area contributed by atoms with E-state index in [1.807, 2.05) is 5.32 Å². The first-order valence-corrected chi connectivity index (χ1v) is 9.55. The van der Waals surface area contributed by atoms with Gasteiger partial charge >= 0.3 is 12.1 Å². The van der Waals surface area contributed by atoms with Gasteiger partial charge in [-0.25, -0.2) is 0 Å². The Labute approximate surface area is 162 Å². The number of anilines is 2. The molecule has 27 heavy (non-hydrogen) atoms. The molecule has 0 radical (unpaired) electrons. The van der Waals surface area contributed by atoms with Gasteiger partial charge in [-0.3, -0.25) is 9.59 Å². The van der Waals surface area contributed by atoms with Crippen LogP contribution in [0.15, 0.2) is 24.3 Å². The number of hydrogen-bond acceptors (Lipinski definition) is 3. The molecule has 0 aliphatic heterocycles. The number of carbonyl (C=O) groups excluding carboxylic acids is 2. The van der Waals surface area contributed by atoms with Crippen LogP contribution in [0.3, 0.4) is 0 Å². The number of thiophene rings is 1. The zero-order valence-electron chi connectivity index (χ0n) is 14.1. The largest absolute Gasteiger partial charge is 0.471 e. The molecule has 2 aromatic rings. The fourth-order valence-electron chi connectivity index (χ4n) is 3.00. The standard InChI is InChI=1S/C18H16ClF3N2O2S/c19-10-5-4-6-11(9-10)23-15(25)14-12-7-2-1-3-8-13(12)27-16(14)24-17(26)18(20,21)22/h4-6,9H,1-3,7-8H2,(H,23,25)(H,24,26). The highest BCUT2D eigenvalue weighted by Crippen LogP contribution is 2.38. The van der Waals surface area contributed by atoms with Gasteiger partial charge in [0.1, 0.15) is 5.00 Å². The minimum atomic E-state index is -5.03. The Morgan fingerprint density at radius 1 is 1.07 bits per heavy atom. The van der Waals surface area contributed by atoms with E-state index < -0.39 is 18.0 Å². The lowest BCUT2D eigenvalue weighted by molar-refractivity contribution is -0.167. The lowest BCUT2D eigenvalue weighted by Crippen LogP contribution is -2.30. The monoisotopic (exact) mass is 416 g/mol. The van der Waals surface area contributed by atoms with Crippen LogP contribution >= 0.6 is 22.9 Å². The van der Waals surface area contributed by atoms with Gasteiger partial charge in [-0.05, 0) is 49.4 Å². The first-order chi connectivity index (χ1) is 12.8. The number of amides is 2. The van der Waals surface area contributed by atoms with Crippen molar-refractivity contribution in [2.75, 3.05) is 10.6 Å². The lowest BCUT2D eigenvalue weighted by atomic mass is 10.0. The number of carbonyl (C=O) groups is 2. The first kappa shape index (κ1) is 19.7. The summed E-state index contributed by atoms with van der Waals surface area (Å²) in [5, 5.41) is 4.89. The van der Waals surface area contributed by atoms with E-state index in [1.165, 1.54) is 0 Å². The molecule has 2 amide bonds. The molecule has 144 valence electrons. The summed E-state index contributed by atoms with van der Waals surface area (Å²) < 4.78 is 38.1. The van der Waals surface area contributed by atoms with Crippen molar-refractivity contribution in [1.82, 2.24) is 0 Å². The molecule has 1 aliphatic carbocycles. The minimum absolute atomic E-state index is 0.0660. The molecule has 0 saturated carbocycles. The van der Waals surface area contributed by atoms with Crippen LogP contribution in [0.25, 0.3) is 0 Å². The summed E-state index contributed by atoms with van der Waals surface area (Å²) in [4.78, 5) is 25.1. The van der Waals surface area contributed by atoms with Crippen LogP contribution in [0.4, 0.5) is 23.9 Å². The maximum atomic E-state index is 12.8. The van der Waals surface area contributed by atoms with E-state index in [0.29, 0.717) is 23.6 Å². The zero-order valence-corrected chi connectivity index (χ0v) is 15.7. The number of rotatable bonds is 3. The number of alkyl halides is 3. The summed E-state index contributed by atoms with van der Waals surface area (Å²) in [5.74, 6) is -2.65. The number of halogens is 4. The smallest absolute Gasteiger partial charge is 0.322 e. The molecule has 0 unspecified atom stereocenters. The second kappa shape index (κ2) is 7.90. The Kier molecular flexibility index (Phi) is 5.76. The van der Waals surface area contributed by atoms with E-state index in [0.717, 1.165) is 41.0 Å². The topological polar surface area (TPSA) is 58.2 Å². The predicted octanol–water partition coefficient (Wildman–Crippen LogP) is 5.42. The van der Waals surface area contributed by atoms with Crippen LogP contribution in [0, 0.1) is 0 Å². The number of aryl methyl sites for hydroxylation is 1. The van der Waals surface area contributed by atoms with Gasteiger partial charge in [-0.1, -0.05) is 24.1 Å². The van der Waals surface area contributed by atoms with Gasteiger partial charge in [0.05, 0.1) is 5.56 Å². The van der Waals surface area contributed by atoms with Gasteiger partial charge in [-0.15, -0.1) is 11.3 Å². The fourth-order valence-corrected chi connectivity index (χ4v) is 4.48. The molecule has 0 fully saturated rings. The molecule has 3 rings (SSSR count). The number of fused-ring (bicyclic) bond motifs is 1. The number of nitrogens with one attached hydrogen (secondary N) is 2. The summed E-state index contributed by atoms with van der Waals surface area (Å²) >= 11 is 6.95. The Morgan fingerprint density at radius 3 is 2.52 bits per heavy atom. The maximum absolute atomic E-state index is 12.8. The molecule has 1 heterocycles. The average Bonchev–Trinajstić information content (AvgIpc) is 2.75. The van der Waals surface area contributed by atoms with Crippen LogP contribution in [0.1, 0.15) is 40.1 Å². The van der Waals surface area contributed by atoms with Gasteiger partial charge < -0.3 is 10.6 Å². The number of hydrogen-bond donors (Lipinski definition) is 2. The van der Waals surface area contributed by atoms with E-state index in [4.69, 9.17) is 11.6 Å². The summed E-state index contributed by atoms with van der Waals surface area (Å²) in [6, 6.07) is 6.46. The summed E-state index contributed by atoms with van der Waals surface area (Å²) in [6.07, 6.45) is -1.03. The Hall–Kier alpha value is -2.06. The molecule has 1 aromatic carbocycles. The van der Waals surface area contributed by atoms with Crippen molar-refractivity contribution in [2.45, 2.75) is 38.3 Å². The average molecular weight is 417 g/mol. The Bertz CT molecular complexity index is 880. The summed E-state index contributed by atoms with van der Waals surface area (Å²) in [7, 11) is 0. The Balaban J connectivity index is 1.96. The maximum Gasteiger partial charge on any atom is 0.471 e. The molecule has 0 saturated heterocycles. The Morgan fingerprint density at radius 2 is 1.81 bits per heavy atom. The molecule has 0 atom stereocenters. The van der Waals surface area contributed by atoms with Crippen LogP contribution in [0.2, 0.25) is 5.02 Å². The van der Waals surface area contributed by atoms with Crippen LogP contribution in [0.5, 0.6) is 0 Å². The minimum Gasteiger partial charge on any atom is -0.322 e. The third-order valence-electron chi connectivity index (χ3n) is 4.22. The molecule has 4 nitrogen and oxygen atoms in total. The van der Waals surface area contributed by atoms with Gasteiger partial charge in [0.25, 0.3) is 5.91 Å². The van der Waals surface area contributed by atoms with E-state index >= 15 is 0 Å². The first-order valence-electron chi connectivity index (χ1n) is 8.35. The second-order valence-electron chi connectivity index (χ2n) is 6.18. The molecule has 1 aliphatic rings. The zero-order chi connectivity index (χ0) is 19.6. The highest BCUT2D eigenvalue weighted by molar-refractivity contribution is 7.17. The lowest BCUT2D eigenvalue weighted by Gasteiger charge is -2.11. The third-order valence-corrected chi connectivity index (χ3v) is 5.66. The van der Waals surface area contributed by atoms with E-state index in [9.17, 15) is 22.8 Å². The van der Waals surface area contributed by atoms with Gasteiger partial charge in [0, 0.05) is 15.6 Å². The normalized spacial score (nSPS) is 14.2.